The molecule has 0 spiro atoms. The van der Waals surface area contributed by atoms with E-state index in [0.717, 1.165) is 26.3 Å². The largest absolute Gasteiger partial charge is 0.380 e. The summed E-state index contributed by atoms with van der Waals surface area (Å²) < 4.78 is 5.43. The molecule has 1 saturated heterocycles. The zero-order chi connectivity index (χ0) is 8.86. The summed E-state index contributed by atoms with van der Waals surface area (Å²) in [4.78, 5) is 0. The first-order chi connectivity index (χ1) is 5.77. The molecule has 0 aliphatic carbocycles. The summed E-state index contributed by atoms with van der Waals surface area (Å²) in [6, 6.07) is 0. The van der Waals surface area contributed by atoms with Crippen molar-refractivity contribution in [3.63, 3.8) is 0 Å². The Bertz CT molecular complexity index is 122. The van der Waals surface area contributed by atoms with Gasteiger partial charge in [0, 0.05) is 25.2 Å². The van der Waals surface area contributed by atoms with E-state index in [0.29, 0.717) is 0 Å². The van der Waals surface area contributed by atoms with Crippen molar-refractivity contribution in [1.29, 1.82) is 0 Å². The van der Waals surface area contributed by atoms with Crippen molar-refractivity contribution in [2.75, 3.05) is 33.4 Å². The Morgan fingerprint density at radius 2 is 2.25 bits per heavy atom. The Kier molecular flexibility index (Phi) is 3.98. The average molecular weight is 172 g/mol. The highest BCUT2D eigenvalue weighted by Gasteiger charge is 2.26. The van der Waals surface area contributed by atoms with Gasteiger partial charge in [0.05, 0.1) is 6.61 Å². The van der Waals surface area contributed by atoms with Gasteiger partial charge in [-0.25, -0.2) is 0 Å². The van der Waals surface area contributed by atoms with E-state index in [1.165, 1.54) is 12.8 Å². The third-order valence-electron chi connectivity index (χ3n) is 2.36. The second kappa shape index (κ2) is 4.80. The van der Waals surface area contributed by atoms with E-state index in [1.807, 2.05) is 7.05 Å². The molecule has 1 aliphatic rings. The van der Waals surface area contributed by atoms with Crippen LogP contribution in [0.2, 0.25) is 0 Å². The number of likely N-dealkylation sites (N-methyl/N-ethyl adjacent to an activating group) is 1. The summed E-state index contributed by atoms with van der Waals surface area (Å²) in [5.74, 6) is 0. The highest BCUT2D eigenvalue weighted by Crippen LogP contribution is 2.17. The molecule has 2 N–H and O–H groups in total. The fourth-order valence-corrected chi connectivity index (χ4v) is 1.56. The van der Waals surface area contributed by atoms with Gasteiger partial charge >= 0.3 is 0 Å². The Morgan fingerprint density at radius 1 is 1.42 bits per heavy atom. The van der Waals surface area contributed by atoms with Gasteiger partial charge in [0.15, 0.2) is 0 Å². The van der Waals surface area contributed by atoms with Crippen LogP contribution in [0.4, 0.5) is 0 Å². The third kappa shape index (κ3) is 3.09. The predicted octanol–water partition coefficient (Wildman–Crippen LogP) is 0.364. The van der Waals surface area contributed by atoms with Gasteiger partial charge in [0.25, 0.3) is 0 Å². The molecule has 12 heavy (non-hydrogen) atoms. The van der Waals surface area contributed by atoms with Gasteiger partial charge in [-0.2, -0.15) is 0 Å². The molecule has 0 aromatic rings. The van der Waals surface area contributed by atoms with Crippen molar-refractivity contribution in [2.24, 2.45) is 0 Å². The first kappa shape index (κ1) is 9.96. The molecule has 1 aliphatic heterocycles. The van der Waals surface area contributed by atoms with Crippen molar-refractivity contribution >= 4 is 0 Å². The number of hydrogen-bond donors (Lipinski definition) is 2. The molecule has 1 atom stereocenters. The van der Waals surface area contributed by atoms with Gasteiger partial charge in [-0.15, -0.1) is 0 Å². The van der Waals surface area contributed by atoms with Crippen molar-refractivity contribution in [2.45, 2.75) is 25.3 Å². The lowest BCUT2D eigenvalue weighted by molar-refractivity contribution is 0.0290. The summed E-state index contributed by atoms with van der Waals surface area (Å²) in [5, 5.41) is 6.63. The van der Waals surface area contributed by atoms with Crippen molar-refractivity contribution < 1.29 is 4.74 Å². The van der Waals surface area contributed by atoms with E-state index in [1.54, 1.807) is 0 Å². The highest BCUT2D eigenvalue weighted by molar-refractivity contribution is 4.85. The van der Waals surface area contributed by atoms with Crippen LogP contribution in [0.25, 0.3) is 0 Å². The molecule has 1 unspecified atom stereocenters. The van der Waals surface area contributed by atoms with E-state index in [9.17, 15) is 0 Å². The van der Waals surface area contributed by atoms with Crippen LogP contribution < -0.4 is 10.6 Å². The molecule has 0 aromatic carbocycles. The van der Waals surface area contributed by atoms with E-state index < -0.39 is 0 Å². The number of rotatable bonds is 4. The molecule has 0 saturated carbocycles. The Balaban J connectivity index is 2.17. The van der Waals surface area contributed by atoms with Gasteiger partial charge < -0.3 is 15.4 Å². The maximum atomic E-state index is 5.43. The molecular formula is C9H20N2O. The van der Waals surface area contributed by atoms with Gasteiger partial charge in [-0.1, -0.05) is 0 Å². The minimum Gasteiger partial charge on any atom is -0.380 e. The minimum atomic E-state index is 0.217. The van der Waals surface area contributed by atoms with Crippen LogP contribution in [0.1, 0.15) is 19.8 Å². The van der Waals surface area contributed by atoms with E-state index in [2.05, 4.69) is 17.6 Å². The topological polar surface area (TPSA) is 33.3 Å². The summed E-state index contributed by atoms with van der Waals surface area (Å²) in [6.45, 7) is 6.08. The summed E-state index contributed by atoms with van der Waals surface area (Å²) in [7, 11) is 1.97. The first-order valence-electron chi connectivity index (χ1n) is 4.74. The standard InChI is InChI=1S/C9H20N2O/c1-9(11-6-5-10-2)4-3-7-12-8-9/h10-11H,3-8H2,1-2H3. The Labute approximate surface area is 74.9 Å². The predicted molar refractivity (Wildman–Crippen MR) is 50.4 cm³/mol. The zero-order valence-electron chi connectivity index (χ0n) is 8.15. The molecule has 0 amide bonds. The summed E-state index contributed by atoms with van der Waals surface area (Å²) in [6.07, 6.45) is 2.42. The fraction of sp³-hybridized carbons (Fsp3) is 1.00. The SMILES string of the molecule is CNCCNC1(C)CCCOC1. The van der Waals surface area contributed by atoms with Crippen LogP contribution in [-0.4, -0.2) is 38.9 Å². The van der Waals surface area contributed by atoms with Crippen LogP contribution >= 0.6 is 0 Å². The van der Waals surface area contributed by atoms with Crippen LogP contribution in [-0.2, 0) is 4.74 Å². The molecule has 0 bridgehead atoms. The lowest BCUT2D eigenvalue weighted by atomic mass is 9.95. The van der Waals surface area contributed by atoms with E-state index >= 15 is 0 Å². The maximum absolute atomic E-state index is 5.43. The summed E-state index contributed by atoms with van der Waals surface area (Å²) >= 11 is 0. The van der Waals surface area contributed by atoms with Gasteiger partial charge in [-0.3, -0.25) is 0 Å². The molecule has 0 radical (unpaired) electrons. The summed E-state index contributed by atoms with van der Waals surface area (Å²) in [5.41, 5.74) is 0.217. The molecule has 1 heterocycles. The second-order valence-electron chi connectivity index (χ2n) is 3.75. The molecular weight excluding hydrogens is 152 g/mol. The average Bonchev–Trinajstić information content (AvgIpc) is 2.06. The lowest BCUT2D eigenvalue weighted by Crippen LogP contribution is -2.50. The number of ether oxygens (including phenoxy) is 1. The molecule has 3 nitrogen and oxygen atoms in total. The minimum absolute atomic E-state index is 0.217. The Hall–Kier alpha value is -0.120. The third-order valence-corrected chi connectivity index (χ3v) is 2.36. The first-order valence-corrected chi connectivity index (χ1v) is 4.74. The van der Waals surface area contributed by atoms with Gasteiger partial charge in [0.1, 0.15) is 0 Å². The quantitative estimate of drug-likeness (QED) is 0.601. The smallest absolute Gasteiger partial charge is 0.0645 e. The van der Waals surface area contributed by atoms with Crippen LogP contribution in [0.5, 0.6) is 0 Å². The van der Waals surface area contributed by atoms with Crippen LogP contribution in [0.15, 0.2) is 0 Å². The van der Waals surface area contributed by atoms with Gasteiger partial charge in [0.2, 0.25) is 0 Å². The molecule has 0 aromatic heterocycles. The molecule has 1 fully saturated rings. The van der Waals surface area contributed by atoms with Crippen molar-refractivity contribution in [3.05, 3.63) is 0 Å². The van der Waals surface area contributed by atoms with Gasteiger partial charge in [-0.05, 0) is 26.8 Å². The zero-order valence-corrected chi connectivity index (χ0v) is 8.15. The van der Waals surface area contributed by atoms with Crippen LogP contribution in [0, 0.1) is 0 Å². The molecule has 1 rings (SSSR count). The normalized spacial score (nSPS) is 30.5. The molecule has 72 valence electrons. The van der Waals surface area contributed by atoms with Crippen molar-refractivity contribution in [3.8, 4) is 0 Å². The Morgan fingerprint density at radius 3 is 2.83 bits per heavy atom. The molecule has 3 heteroatoms. The van der Waals surface area contributed by atoms with E-state index in [4.69, 9.17) is 4.74 Å². The number of hydrogen-bond acceptors (Lipinski definition) is 3. The van der Waals surface area contributed by atoms with Crippen LogP contribution in [0.3, 0.4) is 0 Å². The highest BCUT2D eigenvalue weighted by atomic mass is 16.5. The van der Waals surface area contributed by atoms with Crippen molar-refractivity contribution in [1.82, 2.24) is 10.6 Å². The van der Waals surface area contributed by atoms with E-state index in [-0.39, 0.29) is 5.54 Å². The fourth-order valence-electron chi connectivity index (χ4n) is 1.56. The maximum Gasteiger partial charge on any atom is 0.0645 e. The number of nitrogens with one attached hydrogen (secondary N) is 2. The second-order valence-corrected chi connectivity index (χ2v) is 3.75. The monoisotopic (exact) mass is 172 g/mol. The lowest BCUT2D eigenvalue weighted by Gasteiger charge is -2.34.